The molecule has 0 saturated heterocycles. The number of aromatic nitrogens is 2. The van der Waals surface area contributed by atoms with Gasteiger partial charge in [-0.15, -0.1) is 0 Å². The maximum atomic E-state index is 12.5. The molecule has 0 bridgehead atoms. The van der Waals surface area contributed by atoms with E-state index in [2.05, 4.69) is 4.98 Å². The molecular weight excluding hydrogens is 263 g/mol. The summed E-state index contributed by atoms with van der Waals surface area (Å²) < 4.78 is 37.9. The maximum Gasteiger partial charge on any atom is 0.406 e. The minimum Gasteiger partial charge on any atom is -0.365 e. The molecule has 2 heterocycles. The van der Waals surface area contributed by atoms with E-state index in [1.54, 1.807) is 0 Å². The molecule has 2 N–H and O–H groups in total. The maximum absolute atomic E-state index is 12.5. The van der Waals surface area contributed by atoms with E-state index in [1.165, 1.54) is 18.3 Å². The van der Waals surface area contributed by atoms with Gasteiger partial charge in [-0.3, -0.25) is 19.1 Å². The number of pyridine rings is 2. The predicted molar refractivity (Wildman–Crippen MR) is 60.6 cm³/mol. The van der Waals surface area contributed by atoms with Gasteiger partial charge in [-0.1, -0.05) is 0 Å². The Labute approximate surface area is 104 Å². The first-order valence-electron chi connectivity index (χ1n) is 5.15. The fourth-order valence-electron chi connectivity index (χ4n) is 1.71. The van der Waals surface area contributed by atoms with Crippen LogP contribution >= 0.6 is 0 Å². The molecule has 8 heteroatoms. The monoisotopic (exact) mass is 271 g/mol. The van der Waals surface area contributed by atoms with Crippen LogP contribution < -0.4 is 11.3 Å². The molecule has 0 aliphatic carbocycles. The lowest BCUT2D eigenvalue weighted by Gasteiger charge is -2.13. The van der Waals surface area contributed by atoms with E-state index in [4.69, 9.17) is 5.73 Å². The Kier molecular flexibility index (Phi) is 3.01. The fourth-order valence-corrected chi connectivity index (χ4v) is 1.71. The van der Waals surface area contributed by atoms with Gasteiger partial charge >= 0.3 is 6.18 Å². The van der Waals surface area contributed by atoms with Crippen LogP contribution in [0.15, 0.2) is 29.2 Å². The molecule has 0 aliphatic rings. The van der Waals surface area contributed by atoms with Gasteiger partial charge in [0.1, 0.15) is 12.1 Å². The van der Waals surface area contributed by atoms with Gasteiger partial charge < -0.3 is 5.73 Å². The van der Waals surface area contributed by atoms with E-state index in [9.17, 15) is 22.8 Å². The molecule has 2 aromatic heterocycles. The van der Waals surface area contributed by atoms with Crippen LogP contribution in [0.1, 0.15) is 10.4 Å². The predicted octanol–water partition coefficient (Wildman–Crippen LogP) is 1.06. The zero-order valence-corrected chi connectivity index (χ0v) is 9.44. The normalized spacial score (nSPS) is 11.7. The molecule has 0 saturated carbocycles. The number of primary amides is 1. The summed E-state index contributed by atoms with van der Waals surface area (Å²) in [6.45, 7) is -1.50. The van der Waals surface area contributed by atoms with Crippen LogP contribution in [0.25, 0.3) is 11.0 Å². The summed E-state index contributed by atoms with van der Waals surface area (Å²) in [5.74, 6) is -1.09. The Balaban J connectivity index is 2.81. The summed E-state index contributed by atoms with van der Waals surface area (Å²) in [5, 5.41) is 0. The van der Waals surface area contributed by atoms with Crippen LogP contribution in [0.2, 0.25) is 0 Å². The molecule has 100 valence electrons. The molecular formula is C11H8F3N3O2. The topological polar surface area (TPSA) is 78.0 Å². The number of halogens is 3. The molecule has 5 nitrogen and oxygen atoms in total. The van der Waals surface area contributed by atoms with Gasteiger partial charge in [0.05, 0.1) is 11.0 Å². The number of fused-ring (bicyclic) bond motifs is 1. The second kappa shape index (κ2) is 4.38. The lowest BCUT2D eigenvalue weighted by atomic mass is 10.2. The van der Waals surface area contributed by atoms with Crippen LogP contribution in [0.3, 0.4) is 0 Å². The van der Waals surface area contributed by atoms with Crippen molar-refractivity contribution in [2.24, 2.45) is 5.73 Å². The minimum absolute atomic E-state index is 0.00479. The van der Waals surface area contributed by atoms with E-state index in [0.29, 0.717) is 4.57 Å². The summed E-state index contributed by atoms with van der Waals surface area (Å²) >= 11 is 0. The second-order valence-corrected chi connectivity index (χ2v) is 3.84. The van der Waals surface area contributed by atoms with Gasteiger partial charge in [0.25, 0.3) is 11.5 Å². The van der Waals surface area contributed by atoms with Crippen LogP contribution in [-0.4, -0.2) is 21.6 Å². The Morgan fingerprint density at radius 3 is 2.68 bits per heavy atom. The molecule has 0 aromatic carbocycles. The highest BCUT2D eigenvalue weighted by molar-refractivity contribution is 5.95. The molecule has 2 aromatic rings. The molecule has 0 fully saturated rings. The van der Waals surface area contributed by atoms with E-state index < -0.39 is 29.8 Å². The highest BCUT2D eigenvalue weighted by Crippen LogP contribution is 2.19. The Bertz CT molecular complexity index is 706. The molecule has 1 amide bonds. The summed E-state index contributed by atoms with van der Waals surface area (Å²) in [5.41, 5.74) is 3.47. The molecule has 2 rings (SSSR count). The highest BCUT2D eigenvalue weighted by Gasteiger charge is 2.30. The number of nitrogens with two attached hydrogens (primary N) is 1. The summed E-state index contributed by atoms with van der Waals surface area (Å²) in [6, 6.07) is 3.81. The van der Waals surface area contributed by atoms with E-state index in [1.807, 2.05) is 0 Å². The van der Waals surface area contributed by atoms with Gasteiger partial charge in [0, 0.05) is 6.20 Å². The summed E-state index contributed by atoms with van der Waals surface area (Å²) in [6.07, 6.45) is -3.25. The molecule has 19 heavy (non-hydrogen) atoms. The average Bonchev–Trinajstić information content (AvgIpc) is 2.30. The Morgan fingerprint density at radius 1 is 1.42 bits per heavy atom. The summed E-state index contributed by atoms with van der Waals surface area (Å²) in [4.78, 5) is 26.7. The lowest BCUT2D eigenvalue weighted by Crippen LogP contribution is -2.33. The third-order valence-electron chi connectivity index (χ3n) is 2.47. The van der Waals surface area contributed by atoms with E-state index in [0.717, 1.165) is 6.07 Å². The number of carbonyl (C=O) groups excluding carboxylic acids is 1. The first kappa shape index (κ1) is 13.1. The molecule has 0 aliphatic heterocycles. The van der Waals surface area contributed by atoms with Crippen molar-refractivity contribution in [2.75, 3.05) is 0 Å². The third-order valence-corrected chi connectivity index (χ3v) is 2.47. The van der Waals surface area contributed by atoms with E-state index >= 15 is 0 Å². The number of carbonyl (C=O) groups is 1. The fraction of sp³-hybridized carbons (Fsp3) is 0.182. The van der Waals surface area contributed by atoms with Crippen molar-refractivity contribution in [3.05, 3.63) is 40.3 Å². The highest BCUT2D eigenvalue weighted by atomic mass is 19.4. The number of nitrogens with zero attached hydrogens (tertiary/aromatic N) is 2. The number of alkyl halides is 3. The van der Waals surface area contributed by atoms with Gasteiger partial charge in [-0.05, 0) is 18.2 Å². The van der Waals surface area contributed by atoms with Gasteiger partial charge in [-0.25, -0.2) is 0 Å². The molecule has 0 unspecified atom stereocenters. The van der Waals surface area contributed by atoms with Crippen molar-refractivity contribution in [1.29, 1.82) is 0 Å². The standard InChI is InChI=1S/C11H8F3N3O2/c12-11(13,14)5-17-8-2-1-3-16-7(8)4-6(9(15)18)10(17)19/h1-4H,5H2,(H2,15,18). The summed E-state index contributed by atoms with van der Waals surface area (Å²) in [7, 11) is 0. The second-order valence-electron chi connectivity index (χ2n) is 3.84. The Hall–Kier alpha value is -2.38. The quantitative estimate of drug-likeness (QED) is 0.887. The van der Waals surface area contributed by atoms with Crippen LogP contribution in [0.4, 0.5) is 13.2 Å². The van der Waals surface area contributed by atoms with Crippen molar-refractivity contribution in [2.45, 2.75) is 12.7 Å². The third kappa shape index (κ3) is 2.56. The molecule has 0 spiro atoms. The van der Waals surface area contributed by atoms with Gasteiger partial charge in [0.2, 0.25) is 0 Å². The van der Waals surface area contributed by atoms with Crippen LogP contribution in [0.5, 0.6) is 0 Å². The van der Waals surface area contributed by atoms with Crippen molar-refractivity contribution in [1.82, 2.24) is 9.55 Å². The SMILES string of the molecule is NC(=O)c1cc2ncccc2n(CC(F)(F)F)c1=O. The number of hydrogen-bond donors (Lipinski definition) is 1. The largest absolute Gasteiger partial charge is 0.406 e. The zero-order valence-electron chi connectivity index (χ0n) is 9.44. The Morgan fingerprint density at radius 2 is 2.11 bits per heavy atom. The van der Waals surface area contributed by atoms with Crippen molar-refractivity contribution in [3.63, 3.8) is 0 Å². The molecule has 0 atom stereocenters. The first-order chi connectivity index (χ1) is 8.79. The van der Waals surface area contributed by atoms with Crippen molar-refractivity contribution >= 4 is 16.9 Å². The first-order valence-corrected chi connectivity index (χ1v) is 5.15. The van der Waals surface area contributed by atoms with Crippen molar-refractivity contribution in [3.8, 4) is 0 Å². The lowest BCUT2D eigenvalue weighted by molar-refractivity contribution is -0.140. The smallest absolute Gasteiger partial charge is 0.365 e. The van der Waals surface area contributed by atoms with Crippen molar-refractivity contribution < 1.29 is 18.0 Å². The molecule has 0 radical (unpaired) electrons. The van der Waals surface area contributed by atoms with Crippen LogP contribution in [-0.2, 0) is 6.54 Å². The van der Waals surface area contributed by atoms with E-state index in [-0.39, 0.29) is 11.0 Å². The number of hydrogen-bond acceptors (Lipinski definition) is 3. The van der Waals surface area contributed by atoms with Gasteiger partial charge in [-0.2, -0.15) is 13.2 Å². The number of rotatable bonds is 2. The zero-order chi connectivity index (χ0) is 14.2. The minimum atomic E-state index is -4.59. The van der Waals surface area contributed by atoms with Gasteiger partial charge in [0.15, 0.2) is 0 Å². The van der Waals surface area contributed by atoms with Crippen LogP contribution in [0, 0.1) is 0 Å². The average molecular weight is 271 g/mol. The number of amides is 1.